The van der Waals surface area contributed by atoms with E-state index in [1.807, 2.05) is 24.3 Å². The van der Waals surface area contributed by atoms with Crippen LogP contribution in [0.5, 0.6) is 5.75 Å². The summed E-state index contributed by atoms with van der Waals surface area (Å²) in [6, 6.07) is 12.0. The van der Waals surface area contributed by atoms with Crippen molar-refractivity contribution < 1.29 is 13.9 Å². The molecule has 5 rings (SSSR count). The zero-order valence-corrected chi connectivity index (χ0v) is 15.0. The van der Waals surface area contributed by atoms with Crippen LogP contribution in [0.15, 0.2) is 47.5 Å². The third-order valence-electron chi connectivity index (χ3n) is 5.30. The first kappa shape index (κ1) is 16.9. The molecule has 4 nitrogen and oxygen atoms in total. The molecule has 2 aromatic carbocycles. The molecule has 1 N–H and O–H groups in total. The van der Waals surface area contributed by atoms with Crippen molar-refractivity contribution in [1.82, 2.24) is 5.32 Å². The third-order valence-corrected chi connectivity index (χ3v) is 5.39. The number of isothiocyanates is 1. The number of nitrogens with one attached hydrogen (secondary N) is 1. The molecule has 26 heavy (non-hydrogen) atoms. The zero-order chi connectivity index (χ0) is 18.4. The summed E-state index contributed by atoms with van der Waals surface area (Å²) in [4.78, 5) is 16.6. The number of hydrogen-bond donors (Lipinski definition) is 1. The van der Waals surface area contributed by atoms with Gasteiger partial charge < -0.3 is 10.1 Å². The van der Waals surface area contributed by atoms with Gasteiger partial charge in [0.1, 0.15) is 11.6 Å². The Kier molecular flexibility index (Phi) is 3.90. The zero-order valence-electron chi connectivity index (χ0n) is 14.2. The molecule has 3 saturated carbocycles. The minimum Gasteiger partial charge on any atom is -0.497 e. The lowest BCUT2D eigenvalue weighted by molar-refractivity contribution is -0.0687. The summed E-state index contributed by atoms with van der Waals surface area (Å²) in [7, 11) is 1.59. The predicted octanol–water partition coefficient (Wildman–Crippen LogP) is 4.01. The van der Waals surface area contributed by atoms with Crippen LogP contribution in [0.4, 0.5) is 4.39 Å². The van der Waals surface area contributed by atoms with Gasteiger partial charge in [-0.2, -0.15) is 0 Å². The monoisotopic (exact) mass is 368 g/mol. The van der Waals surface area contributed by atoms with Gasteiger partial charge in [-0.15, -0.1) is 0 Å². The maximum atomic E-state index is 14.5. The molecule has 0 atom stereocenters. The molecule has 0 aromatic heterocycles. The second-order valence-electron chi connectivity index (χ2n) is 7.12. The molecule has 0 heterocycles. The maximum Gasteiger partial charge on any atom is 0.254 e. The fourth-order valence-corrected chi connectivity index (χ4v) is 4.25. The van der Waals surface area contributed by atoms with Crippen molar-refractivity contribution >= 4 is 23.3 Å². The molecule has 0 aliphatic heterocycles. The lowest BCUT2D eigenvalue weighted by Crippen LogP contribution is -2.77. The van der Waals surface area contributed by atoms with Crippen molar-refractivity contribution in [2.45, 2.75) is 30.3 Å². The Labute approximate surface area is 156 Å². The second kappa shape index (κ2) is 6.01. The molecule has 0 saturated heterocycles. The third kappa shape index (κ3) is 2.71. The van der Waals surface area contributed by atoms with E-state index in [0.717, 1.165) is 30.6 Å². The van der Waals surface area contributed by atoms with Crippen LogP contribution in [-0.2, 0) is 0 Å². The minimum atomic E-state index is -0.533. The van der Waals surface area contributed by atoms with Gasteiger partial charge in [-0.25, -0.2) is 9.38 Å². The molecule has 3 fully saturated rings. The number of thiocarbonyl (C=S) groups is 1. The van der Waals surface area contributed by atoms with Crippen LogP contribution in [0.25, 0.3) is 11.1 Å². The molecule has 2 bridgehead atoms. The second-order valence-corrected chi connectivity index (χ2v) is 7.30. The van der Waals surface area contributed by atoms with E-state index in [1.165, 1.54) is 12.1 Å². The predicted molar refractivity (Wildman–Crippen MR) is 100 cm³/mol. The van der Waals surface area contributed by atoms with Gasteiger partial charge >= 0.3 is 0 Å². The van der Waals surface area contributed by atoms with Crippen LogP contribution in [0.1, 0.15) is 29.6 Å². The Morgan fingerprint density at radius 3 is 2.42 bits per heavy atom. The van der Waals surface area contributed by atoms with E-state index in [4.69, 9.17) is 4.74 Å². The Hall–Kier alpha value is -2.56. The smallest absolute Gasteiger partial charge is 0.254 e. The molecule has 6 heteroatoms. The summed E-state index contributed by atoms with van der Waals surface area (Å²) >= 11 is 4.65. The van der Waals surface area contributed by atoms with E-state index in [9.17, 15) is 9.18 Å². The molecule has 0 radical (unpaired) electrons. The summed E-state index contributed by atoms with van der Waals surface area (Å²) in [5, 5.41) is 5.37. The lowest BCUT2D eigenvalue weighted by Gasteiger charge is -2.67. The van der Waals surface area contributed by atoms with Crippen LogP contribution in [-0.4, -0.2) is 29.3 Å². The SMILES string of the molecule is COc1ccc(-c2ccc(C(=O)NC34CC(N=C=S)(C3)C4)c(F)c2)cc1. The number of amides is 1. The average Bonchev–Trinajstić information content (AvgIpc) is 2.58. The number of hydrogen-bond acceptors (Lipinski definition) is 4. The summed E-state index contributed by atoms with van der Waals surface area (Å²) in [6.07, 6.45) is 2.25. The molecule has 0 spiro atoms. The first-order valence-corrected chi connectivity index (χ1v) is 8.75. The highest BCUT2D eigenvalue weighted by Crippen LogP contribution is 2.62. The van der Waals surface area contributed by atoms with Gasteiger partial charge in [0.15, 0.2) is 0 Å². The molecule has 1 amide bonds. The van der Waals surface area contributed by atoms with Gasteiger partial charge in [0.2, 0.25) is 0 Å². The van der Waals surface area contributed by atoms with Gasteiger partial charge in [-0.05, 0) is 66.9 Å². The van der Waals surface area contributed by atoms with Crippen molar-refractivity contribution in [1.29, 1.82) is 0 Å². The fraction of sp³-hybridized carbons (Fsp3) is 0.300. The molecule has 132 valence electrons. The van der Waals surface area contributed by atoms with Gasteiger partial charge in [-0.3, -0.25) is 4.79 Å². The number of benzene rings is 2. The topological polar surface area (TPSA) is 50.7 Å². The summed E-state index contributed by atoms with van der Waals surface area (Å²) in [5.41, 5.74) is 1.23. The maximum absolute atomic E-state index is 14.5. The van der Waals surface area contributed by atoms with Crippen LogP contribution in [0.2, 0.25) is 0 Å². The highest BCUT2D eigenvalue weighted by atomic mass is 32.1. The van der Waals surface area contributed by atoms with Crippen molar-refractivity contribution in [2.24, 2.45) is 4.99 Å². The van der Waals surface area contributed by atoms with Gasteiger partial charge in [0.25, 0.3) is 5.91 Å². The number of rotatable bonds is 5. The van der Waals surface area contributed by atoms with Crippen molar-refractivity contribution in [2.75, 3.05) is 7.11 Å². The normalized spacial score (nSPS) is 25.3. The standard InChI is InChI=1S/C20H17FN2O2S/c1-25-15-5-2-13(3-6-15)14-4-7-16(17(21)8-14)18(24)23-20-9-19(10-20,11-20)22-12-26/h2-8H,9-11H2,1H3,(H,23,24). The highest BCUT2D eigenvalue weighted by Gasteiger charge is 2.69. The number of nitrogens with zero attached hydrogens (tertiary/aromatic N) is 1. The summed E-state index contributed by atoms with van der Waals surface area (Å²) < 4.78 is 19.6. The van der Waals surface area contributed by atoms with Crippen LogP contribution >= 0.6 is 12.2 Å². The Morgan fingerprint density at radius 1 is 1.19 bits per heavy atom. The van der Waals surface area contributed by atoms with Crippen molar-refractivity contribution in [3.8, 4) is 16.9 Å². The van der Waals surface area contributed by atoms with Crippen molar-refractivity contribution in [3.05, 3.63) is 53.8 Å². The summed E-state index contributed by atoms with van der Waals surface area (Å²) in [5.74, 6) is -0.183. The van der Waals surface area contributed by atoms with E-state index in [1.54, 1.807) is 13.2 Å². The number of methoxy groups -OCH3 is 1. The first-order valence-electron chi connectivity index (χ1n) is 8.34. The molecule has 0 unspecified atom stereocenters. The number of carbonyl (C=O) groups is 1. The Morgan fingerprint density at radius 2 is 1.85 bits per heavy atom. The fourth-order valence-electron chi connectivity index (χ4n) is 4.05. The molecular formula is C20H17FN2O2S. The first-order chi connectivity index (χ1) is 12.5. The van der Waals surface area contributed by atoms with Crippen LogP contribution in [0.3, 0.4) is 0 Å². The lowest BCUT2D eigenvalue weighted by atomic mass is 9.44. The van der Waals surface area contributed by atoms with Crippen LogP contribution < -0.4 is 10.1 Å². The van der Waals surface area contributed by atoms with E-state index < -0.39 is 5.82 Å². The van der Waals surface area contributed by atoms with Gasteiger partial charge in [0, 0.05) is 5.54 Å². The number of carbonyl (C=O) groups excluding carboxylic acids is 1. The summed E-state index contributed by atoms with van der Waals surface area (Å²) in [6.45, 7) is 0. The van der Waals surface area contributed by atoms with Crippen LogP contribution in [0, 0.1) is 5.82 Å². The molecule has 3 aliphatic carbocycles. The van der Waals surface area contributed by atoms with Gasteiger partial charge in [-0.1, -0.05) is 18.2 Å². The highest BCUT2D eigenvalue weighted by molar-refractivity contribution is 7.78. The number of halogens is 1. The van der Waals surface area contributed by atoms with Gasteiger partial charge in [0.05, 0.1) is 23.4 Å². The molecular weight excluding hydrogens is 351 g/mol. The van der Waals surface area contributed by atoms with Crippen molar-refractivity contribution in [3.63, 3.8) is 0 Å². The van der Waals surface area contributed by atoms with E-state index in [2.05, 4.69) is 27.7 Å². The molecule has 2 aromatic rings. The quantitative estimate of drug-likeness (QED) is 0.641. The minimum absolute atomic E-state index is 0.0550. The van der Waals surface area contributed by atoms with E-state index in [-0.39, 0.29) is 22.5 Å². The Balaban J connectivity index is 1.48. The Bertz CT molecular complexity index is 916. The molecule has 3 aliphatic rings. The largest absolute Gasteiger partial charge is 0.497 e. The number of aliphatic imine (C=N–C) groups is 1. The average molecular weight is 368 g/mol. The van der Waals surface area contributed by atoms with E-state index in [0.29, 0.717) is 5.56 Å². The number of ether oxygens (including phenoxy) is 1. The van der Waals surface area contributed by atoms with E-state index >= 15 is 0 Å².